The Labute approximate surface area is 162 Å². The zero-order valence-corrected chi connectivity index (χ0v) is 16.7. The lowest BCUT2D eigenvalue weighted by Gasteiger charge is -2.28. The van der Waals surface area contributed by atoms with Crippen LogP contribution in [0.15, 0.2) is 39.8 Å². The molecular weight excluding hydrogens is 368 g/mol. The molecule has 0 saturated carbocycles. The molecule has 8 heteroatoms. The highest BCUT2D eigenvalue weighted by Crippen LogP contribution is 2.46. The van der Waals surface area contributed by atoms with Crippen molar-refractivity contribution in [3.8, 4) is 17.6 Å². The minimum absolute atomic E-state index is 0.0528. The van der Waals surface area contributed by atoms with E-state index in [0.29, 0.717) is 17.1 Å². The van der Waals surface area contributed by atoms with Crippen molar-refractivity contribution in [1.29, 1.82) is 5.26 Å². The number of nitrogens with zero attached hydrogens (tertiary/aromatic N) is 1. The van der Waals surface area contributed by atoms with Crippen LogP contribution in [0.25, 0.3) is 0 Å². The molecule has 0 fully saturated rings. The monoisotopic (exact) mass is 390 g/mol. The molecule has 0 saturated heterocycles. The van der Waals surface area contributed by atoms with Gasteiger partial charge in [0.2, 0.25) is 5.88 Å². The van der Waals surface area contributed by atoms with Gasteiger partial charge in [-0.3, -0.25) is 0 Å². The fourth-order valence-electron chi connectivity index (χ4n) is 2.94. The van der Waals surface area contributed by atoms with Crippen molar-refractivity contribution in [3.63, 3.8) is 0 Å². The van der Waals surface area contributed by atoms with E-state index in [1.165, 1.54) is 18.9 Å². The Kier molecular flexibility index (Phi) is 6.64. The first-order valence-electron chi connectivity index (χ1n) is 8.18. The number of nitrogens with two attached hydrogens (primary N) is 1. The SMILES string of the molecule is CCOC(=O)C1=C(C)OC(N)=C(C#N)C1c1cc(OC)c(SC)cc1OC. The van der Waals surface area contributed by atoms with Crippen LogP contribution in [0.5, 0.6) is 11.5 Å². The van der Waals surface area contributed by atoms with Gasteiger partial charge in [-0.25, -0.2) is 4.79 Å². The number of benzene rings is 1. The molecule has 0 amide bonds. The van der Waals surface area contributed by atoms with E-state index < -0.39 is 11.9 Å². The fourth-order valence-corrected chi connectivity index (χ4v) is 3.51. The zero-order chi connectivity index (χ0) is 20.1. The third-order valence-electron chi connectivity index (χ3n) is 4.15. The third-order valence-corrected chi connectivity index (χ3v) is 4.91. The molecule has 144 valence electrons. The number of methoxy groups -OCH3 is 2. The first-order valence-corrected chi connectivity index (χ1v) is 9.41. The van der Waals surface area contributed by atoms with Gasteiger partial charge in [0.25, 0.3) is 0 Å². The van der Waals surface area contributed by atoms with Crippen molar-refractivity contribution in [1.82, 2.24) is 0 Å². The topological polar surface area (TPSA) is 104 Å². The first-order chi connectivity index (χ1) is 12.9. The predicted molar refractivity (Wildman–Crippen MR) is 101 cm³/mol. The van der Waals surface area contributed by atoms with E-state index in [9.17, 15) is 10.1 Å². The van der Waals surface area contributed by atoms with Crippen molar-refractivity contribution >= 4 is 17.7 Å². The normalized spacial score (nSPS) is 16.5. The molecule has 0 bridgehead atoms. The number of rotatable bonds is 6. The van der Waals surface area contributed by atoms with Gasteiger partial charge < -0.3 is 24.7 Å². The summed E-state index contributed by atoms with van der Waals surface area (Å²) < 4.78 is 21.6. The summed E-state index contributed by atoms with van der Waals surface area (Å²) >= 11 is 1.49. The summed E-state index contributed by atoms with van der Waals surface area (Å²) in [7, 11) is 3.08. The number of ether oxygens (including phenoxy) is 4. The van der Waals surface area contributed by atoms with E-state index in [4.69, 9.17) is 24.7 Å². The maximum Gasteiger partial charge on any atom is 0.338 e. The minimum Gasteiger partial charge on any atom is -0.496 e. The summed E-state index contributed by atoms with van der Waals surface area (Å²) in [5.41, 5.74) is 6.82. The molecule has 7 nitrogen and oxygen atoms in total. The van der Waals surface area contributed by atoms with Gasteiger partial charge in [-0.2, -0.15) is 5.26 Å². The van der Waals surface area contributed by atoms with E-state index >= 15 is 0 Å². The number of hydrogen-bond donors (Lipinski definition) is 1. The molecule has 1 aromatic carbocycles. The number of allylic oxidation sites excluding steroid dienone is 2. The quantitative estimate of drug-likeness (QED) is 0.584. The van der Waals surface area contributed by atoms with Crippen LogP contribution in [0.3, 0.4) is 0 Å². The highest BCUT2D eigenvalue weighted by atomic mass is 32.2. The summed E-state index contributed by atoms with van der Waals surface area (Å²) in [6.45, 7) is 3.51. The molecule has 1 aliphatic rings. The van der Waals surface area contributed by atoms with Crippen LogP contribution in [-0.2, 0) is 14.3 Å². The highest BCUT2D eigenvalue weighted by molar-refractivity contribution is 7.98. The van der Waals surface area contributed by atoms with E-state index in [2.05, 4.69) is 6.07 Å². The smallest absolute Gasteiger partial charge is 0.338 e. The van der Waals surface area contributed by atoms with Crippen LogP contribution in [0.1, 0.15) is 25.3 Å². The summed E-state index contributed by atoms with van der Waals surface area (Å²) in [6.07, 6.45) is 1.91. The number of carbonyl (C=O) groups excluding carboxylic acids is 1. The van der Waals surface area contributed by atoms with Crippen LogP contribution in [0.4, 0.5) is 0 Å². The predicted octanol–water partition coefficient (Wildman–Crippen LogP) is 3.07. The molecule has 2 rings (SSSR count). The van der Waals surface area contributed by atoms with Gasteiger partial charge in [0, 0.05) is 5.56 Å². The molecule has 27 heavy (non-hydrogen) atoms. The molecular formula is C19H22N2O5S. The van der Waals surface area contributed by atoms with Crippen molar-refractivity contribution < 1.29 is 23.7 Å². The van der Waals surface area contributed by atoms with E-state index in [1.54, 1.807) is 33.1 Å². The second kappa shape index (κ2) is 8.73. The average Bonchev–Trinajstić information content (AvgIpc) is 2.66. The van der Waals surface area contributed by atoms with Gasteiger partial charge in [-0.05, 0) is 32.2 Å². The van der Waals surface area contributed by atoms with Crippen LogP contribution < -0.4 is 15.2 Å². The molecule has 1 aliphatic heterocycles. The van der Waals surface area contributed by atoms with Gasteiger partial charge >= 0.3 is 5.97 Å². The van der Waals surface area contributed by atoms with Crippen LogP contribution >= 0.6 is 11.8 Å². The summed E-state index contributed by atoms with van der Waals surface area (Å²) in [5, 5.41) is 9.68. The molecule has 1 atom stereocenters. The Morgan fingerprint density at radius 2 is 2.00 bits per heavy atom. The van der Waals surface area contributed by atoms with Crippen LogP contribution in [-0.4, -0.2) is 33.1 Å². The van der Waals surface area contributed by atoms with Crippen molar-refractivity contribution in [3.05, 3.63) is 40.5 Å². The Morgan fingerprint density at radius 3 is 2.52 bits per heavy atom. The standard InChI is InChI=1S/C19H22N2O5S/c1-6-25-19(22)16-10(2)26-18(21)12(9-20)17(16)11-7-14(24-4)15(27-5)8-13(11)23-3/h7-8,17H,6,21H2,1-5H3. The van der Waals surface area contributed by atoms with Crippen molar-refractivity contribution in [2.24, 2.45) is 5.73 Å². The third kappa shape index (κ3) is 3.83. The van der Waals surface area contributed by atoms with E-state index in [0.717, 1.165) is 4.90 Å². The molecule has 1 unspecified atom stereocenters. The van der Waals surface area contributed by atoms with Gasteiger partial charge in [0.15, 0.2) is 0 Å². The maximum atomic E-state index is 12.6. The van der Waals surface area contributed by atoms with Crippen LogP contribution in [0, 0.1) is 11.3 Å². The Bertz CT molecular complexity index is 854. The summed E-state index contributed by atoms with van der Waals surface area (Å²) in [5.74, 6) is -0.0330. The lowest BCUT2D eigenvalue weighted by molar-refractivity contribution is -0.139. The average molecular weight is 390 g/mol. The molecule has 0 aliphatic carbocycles. The molecule has 2 N–H and O–H groups in total. The largest absolute Gasteiger partial charge is 0.496 e. The van der Waals surface area contributed by atoms with Crippen molar-refractivity contribution in [2.75, 3.05) is 27.1 Å². The maximum absolute atomic E-state index is 12.6. The number of hydrogen-bond acceptors (Lipinski definition) is 8. The van der Waals surface area contributed by atoms with Gasteiger partial charge in [0.05, 0.1) is 37.2 Å². The summed E-state index contributed by atoms with van der Waals surface area (Å²) in [6, 6.07) is 5.60. The van der Waals surface area contributed by atoms with E-state index in [-0.39, 0.29) is 29.4 Å². The highest BCUT2D eigenvalue weighted by Gasteiger charge is 2.38. The zero-order valence-electron chi connectivity index (χ0n) is 15.9. The second-order valence-electron chi connectivity index (χ2n) is 5.56. The number of thioether (sulfide) groups is 1. The van der Waals surface area contributed by atoms with Crippen molar-refractivity contribution in [2.45, 2.75) is 24.7 Å². The fraction of sp³-hybridized carbons (Fsp3) is 0.368. The Hall–Kier alpha value is -2.79. The first kappa shape index (κ1) is 20.5. The molecule has 0 aromatic heterocycles. The lowest BCUT2D eigenvalue weighted by Crippen LogP contribution is -2.26. The van der Waals surface area contributed by atoms with Gasteiger partial charge in [0.1, 0.15) is 28.9 Å². The Balaban J connectivity index is 2.78. The summed E-state index contributed by atoms with van der Waals surface area (Å²) in [4.78, 5) is 13.5. The van der Waals surface area contributed by atoms with Crippen LogP contribution in [0.2, 0.25) is 0 Å². The minimum atomic E-state index is -0.789. The van der Waals surface area contributed by atoms with Gasteiger partial charge in [-0.1, -0.05) is 0 Å². The number of esters is 1. The lowest BCUT2D eigenvalue weighted by atomic mass is 9.82. The molecule has 0 radical (unpaired) electrons. The number of nitriles is 1. The molecule has 0 spiro atoms. The molecule has 1 heterocycles. The molecule has 1 aromatic rings. The van der Waals surface area contributed by atoms with Gasteiger partial charge in [-0.15, -0.1) is 11.8 Å². The van der Waals surface area contributed by atoms with E-state index in [1.807, 2.05) is 6.26 Å². The Morgan fingerprint density at radius 1 is 1.33 bits per heavy atom. The number of carbonyl (C=O) groups is 1. The second-order valence-corrected chi connectivity index (χ2v) is 6.41.